The van der Waals surface area contributed by atoms with Crippen LogP contribution >= 0.6 is 0 Å². The van der Waals surface area contributed by atoms with Gasteiger partial charge in [-0.25, -0.2) is 0 Å². The summed E-state index contributed by atoms with van der Waals surface area (Å²) in [5.41, 5.74) is 7.18. The molecule has 0 saturated carbocycles. The van der Waals surface area contributed by atoms with Crippen molar-refractivity contribution in [3.05, 3.63) is 179 Å². The SMILES string of the molecule is OC1(c2ccc(OCCCCOc3ccc(C4(O)c5ccccc5-c5ccccc54)cc3)cc2)c2ccccc2-c2ccccc21. The molecule has 0 aromatic heterocycles. The Morgan fingerprint density at radius 2 is 0.652 bits per heavy atom. The fourth-order valence-electron chi connectivity index (χ4n) is 7.21. The normalized spacial score (nSPS) is 14.6. The van der Waals surface area contributed by atoms with Gasteiger partial charge in [0, 0.05) is 22.3 Å². The lowest BCUT2D eigenvalue weighted by Gasteiger charge is -2.26. The molecule has 4 nitrogen and oxygen atoms in total. The maximum Gasteiger partial charge on any atom is 0.141 e. The predicted octanol–water partition coefficient (Wildman–Crippen LogP) is 8.45. The van der Waals surface area contributed by atoms with E-state index in [0.29, 0.717) is 13.2 Å². The zero-order valence-electron chi connectivity index (χ0n) is 25.4. The highest BCUT2D eigenvalue weighted by Gasteiger charge is 2.43. The minimum Gasteiger partial charge on any atom is -0.494 e. The third kappa shape index (κ3) is 4.45. The van der Waals surface area contributed by atoms with E-state index in [-0.39, 0.29) is 0 Å². The van der Waals surface area contributed by atoms with Crippen molar-refractivity contribution in [1.29, 1.82) is 0 Å². The minimum absolute atomic E-state index is 0.573. The first kappa shape index (κ1) is 28.3. The summed E-state index contributed by atoms with van der Waals surface area (Å²) < 4.78 is 12.0. The molecule has 0 amide bonds. The maximum atomic E-state index is 12.0. The molecular weight excluding hydrogens is 568 g/mol. The van der Waals surface area contributed by atoms with Gasteiger partial charge in [-0.1, -0.05) is 121 Å². The van der Waals surface area contributed by atoms with Crippen LogP contribution in [-0.4, -0.2) is 23.4 Å². The molecule has 0 bridgehead atoms. The van der Waals surface area contributed by atoms with Gasteiger partial charge in [-0.15, -0.1) is 0 Å². The predicted molar refractivity (Wildman–Crippen MR) is 181 cm³/mol. The molecule has 0 aliphatic heterocycles. The number of rotatable bonds is 9. The van der Waals surface area contributed by atoms with Crippen LogP contribution in [0.25, 0.3) is 22.3 Å². The monoisotopic (exact) mass is 602 g/mol. The van der Waals surface area contributed by atoms with Crippen molar-refractivity contribution in [2.75, 3.05) is 13.2 Å². The fourth-order valence-corrected chi connectivity index (χ4v) is 7.21. The molecule has 4 heteroatoms. The first-order valence-electron chi connectivity index (χ1n) is 15.9. The molecule has 46 heavy (non-hydrogen) atoms. The van der Waals surface area contributed by atoms with E-state index in [1.165, 1.54) is 0 Å². The second-order valence-corrected chi connectivity index (χ2v) is 12.1. The van der Waals surface area contributed by atoms with Gasteiger partial charge in [-0.05, 0) is 70.5 Å². The second kappa shape index (κ2) is 11.3. The van der Waals surface area contributed by atoms with E-state index >= 15 is 0 Å². The number of hydrogen-bond donors (Lipinski definition) is 2. The maximum absolute atomic E-state index is 12.0. The summed E-state index contributed by atoms with van der Waals surface area (Å²) in [5, 5.41) is 24.0. The molecule has 0 fully saturated rings. The lowest BCUT2D eigenvalue weighted by atomic mass is 9.84. The van der Waals surface area contributed by atoms with Crippen LogP contribution in [0, 0.1) is 0 Å². The highest BCUT2D eigenvalue weighted by molar-refractivity contribution is 5.83. The molecule has 2 N–H and O–H groups in total. The van der Waals surface area contributed by atoms with Gasteiger partial charge in [0.15, 0.2) is 0 Å². The largest absolute Gasteiger partial charge is 0.494 e. The molecule has 0 heterocycles. The number of hydrogen-bond acceptors (Lipinski definition) is 4. The standard InChI is InChI=1S/C42H34O4/c43-41(37-15-5-1-11-33(37)34-12-2-6-16-38(34)41)29-19-23-31(24-20-29)45-27-9-10-28-46-32-25-21-30(22-26-32)42(44)39-17-7-3-13-35(39)36-14-4-8-18-40(36)42/h1-8,11-26,43-44H,9-10,27-28H2. The molecule has 6 aromatic rings. The zero-order chi connectivity index (χ0) is 31.1. The molecular formula is C42H34O4. The molecule has 8 rings (SSSR count). The highest BCUT2D eigenvalue weighted by atomic mass is 16.5. The molecule has 6 aromatic carbocycles. The summed E-state index contributed by atoms with van der Waals surface area (Å²) in [5.74, 6) is 1.55. The zero-order valence-corrected chi connectivity index (χ0v) is 25.4. The Bertz CT molecular complexity index is 1790. The average Bonchev–Trinajstić information content (AvgIpc) is 3.54. The van der Waals surface area contributed by atoms with Crippen molar-refractivity contribution in [2.45, 2.75) is 24.0 Å². The smallest absolute Gasteiger partial charge is 0.141 e. The van der Waals surface area contributed by atoms with E-state index < -0.39 is 11.2 Å². The molecule has 0 unspecified atom stereocenters. The second-order valence-electron chi connectivity index (χ2n) is 12.1. The van der Waals surface area contributed by atoms with Gasteiger partial charge in [-0.3, -0.25) is 0 Å². The van der Waals surface area contributed by atoms with Gasteiger partial charge in [0.2, 0.25) is 0 Å². The third-order valence-corrected chi connectivity index (χ3v) is 9.47. The molecule has 0 spiro atoms. The molecule has 226 valence electrons. The van der Waals surface area contributed by atoms with Gasteiger partial charge < -0.3 is 19.7 Å². The third-order valence-electron chi connectivity index (χ3n) is 9.47. The van der Waals surface area contributed by atoms with Crippen LogP contribution < -0.4 is 9.47 Å². The Balaban J connectivity index is 0.860. The van der Waals surface area contributed by atoms with E-state index in [2.05, 4.69) is 24.3 Å². The molecule has 0 saturated heterocycles. The van der Waals surface area contributed by atoms with E-state index in [9.17, 15) is 10.2 Å². The van der Waals surface area contributed by atoms with Crippen molar-refractivity contribution in [2.24, 2.45) is 0 Å². The van der Waals surface area contributed by atoms with Crippen molar-refractivity contribution >= 4 is 0 Å². The van der Waals surface area contributed by atoms with Gasteiger partial charge in [0.1, 0.15) is 22.7 Å². The summed E-state index contributed by atoms with van der Waals surface area (Å²) in [7, 11) is 0. The van der Waals surface area contributed by atoms with Crippen LogP contribution in [0.15, 0.2) is 146 Å². The van der Waals surface area contributed by atoms with Gasteiger partial charge in [0.25, 0.3) is 0 Å². The van der Waals surface area contributed by atoms with Gasteiger partial charge in [-0.2, -0.15) is 0 Å². The summed E-state index contributed by atoms with van der Waals surface area (Å²) >= 11 is 0. The van der Waals surface area contributed by atoms with Crippen molar-refractivity contribution in [3.8, 4) is 33.8 Å². The number of aliphatic hydroxyl groups is 2. The lowest BCUT2D eigenvalue weighted by molar-refractivity contribution is 0.130. The molecule has 0 radical (unpaired) electrons. The van der Waals surface area contributed by atoms with Crippen molar-refractivity contribution < 1.29 is 19.7 Å². The quantitative estimate of drug-likeness (QED) is 0.163. The number of fused-ring (bicyclic) bond motifs is 6. The van der Waals surface area contributed by atoms with Crippen molar-refractivity contribution in [3.63, 3.8) is 0 Å². The Hall–Kier alpha value is -5.16. The molecule has 0 atom stereocenters. The summed E-state index contributed by atoms with van der Waals surface area (Å²) in [4.78, 5) is 0. The van der Waals surface area contributed by atoms with E-state index in [1.54, 1.807) is 0 Å². The topological polar surface area (TPSA) is 58.9 Å². The highest BCUT2D eigenvalue weighted by Crippen LogP contribution is 2.52. The van der Waals surface area contributed by atoms with Crippen LogP contribution in [-0.2, 0) is 11.2 Å². The summed E-state index contributed by atoms with van der Waals surface area (Å²) in [6.45, 7) is 1.15. The van der Waals surface area contributed by atoms with Crippen LogP contribution in [0.5, 0.6) is 11.5 Å². The van der Waals surface area contributed by atoms with E-state index in [0.717, 1.165) is 80.0 Å². The van der Waals surface area contributed by atoms with Crippen LogP contribution in [0.4, 0.5) is 0 Å². The van der Waals surface area contributed by atoms with Crippen LogP contribution in [0.2, 0.25) is 0 Å². The van der Waals surface area contributed by atoms with Gasteiger partial charge in [0.05, 0.1) is 13.2 Å². The van der Waals surface area contributed by atoms with Crippen LogP contribution in [0.1, 0.15) is 46.2 Å². The Morgan fingerprint density at radius 3 is 0.957 bits per heavy atom. The minimum atomic E-state index is -1.19. The summed E-state index contributed by atoms with van der Waals surface area (Å²) in [6.07, 6.45) is 1.69. The van der Waals surface area contributed by atoms with E-state index in [1.807, 2.05) is 121 Å². The Kier molecular flexibility index (Phi) is 6.97. The van der Waals surface area contributed by atoms with E-state index in [4.69, 9.17) is 9.47 Å². The number of ether oxygens (including phenoxy) is 2. The number of unbranched alkanes of at least 4 members (excludes halogenated alkanes) is 1. The Labute approximate surface area is 269 Å². The average molecular weight is 603 g/mol. The molecule has 2 aliphatic rings. The van der Waals surface area contributed by atoms with Crippen LogP contribution in [0.3, 0.4) is 0 Å². The first-order chi connectivity index (χ1) is 22.6. The molecule has 2 aliphatic carbocycles. The lowest BCUT2D eigenvalue weighted by Crippen LogP contribution is -2.26. The Morgan fingerprint density at radius 1 is 0.370 bits per heavy atom. The fraction of sp³-hybridized carbons (Fsp3) is 0.143. The van der Waals surface area contributed by atoms with Gasteiger partial charge >= 0.3 is 0 Å². The number of benzene rings is 6. The summed E-state index contributed by atoms with van der Waals surface area (Å²) in [6, 6.07) is 47.8. The van der Waals surface area contributed by atoms with Crippen molar-refractivity contribution in [1.82, 2.24) is 0 Å². The first-order valence-corrected chi connectivity index (χ1v) is 15.9.